The van der Waals surface area contributed by atoms with Crippen molar-refractivity contribution in [2.45, 2.75) is 4.90 Å². The van der Waals surface area contributed by atoms with Gasteiger partial charge in [-0.3, -0.25) is 4.72 Å². The molecule has 24 heavy (non-hydrogen) atoms. The van der Waals surface area contributed by atoms with Crippen LogP contribution in [0.2, 0.25) is 0 Å². The molecule has 6 nitrogen and oxygen atoms in total. The summed E-state index contributed by atoms with van der Waals surface area (Å²) in [5.74, 6) is -1.55. The van der Waals surface area contributed by atoms with Crippen LogP contribution in [0.5, 0.6) is 5.75 Å². The van der Waals surface area contributed by atoms with E-state index in [1.807, 2.05) is 0 Å². The third kappa shape index (κ3) is 4.32. The van der Waals surface area contributed by atoms with Crippen molar-refractivity contribution < 1.29 is 27.4 Å². The number of hydrogen-bond donors (Lipinski definition) is 2. The fourth-order valence-electron chi connectivity index (χ4n) is 1.90. The molecule has 0 amide bonds. The Morgan fingerprint density at radius 1 is 1.21 bits per heavy atom. The molecular formula is C16H14FNO5S. The number of carboxylic acids is 1. The Morgan fingerprint density at radius 2 is 1.88 bits per heavy atom. The molecule has 0 aromatic heterocycles. The van der Waals surface area contributed by atoms with Crippen LogP contribution in [-0.2, 0) is 14.8 Å². The van der Waals surface area contributed by atoms with Gasteiger partial charge in [-0.1, -0.05) is 6.07 Å². The summed E-state index contributed by atoms with van der Waals surface area (Å²) in [6.07, 6.45) is 2.16. The maximum atomic E-state index is 12.9. The minimum absolute atomic E-state index is 0.0945. The van der Waals surface area contributed by atoms with Crippen LogP contribution >= 0.6 is 0 Å². The Balaban J connectivity index is 2.41. The molecule has 0 bridgehead atoms. The quantitative estimate of drug-likeness (QED) is 0.781. The number of carboxylic acid groups (broad SMARTS) is 1. The molecule has 2 aromatic rings. The number of sulfonamides is 1. The van der Waals surface area contributed by atoms with E-state index >= 15 is 0 Å². The van der Waals surface area contributed by atoms with Gasteiger partial charge in [-0.25, -0.2) is 17.6 Å². The number of ether oxygens (including phenoxy) is 1. The van der Waals surface area contributed by atoms with Crippen molar-refractivity contribution in [2.24, 2.45) is 0 Å². The lowest BCUT2D eigenvalue weighted by Gasteiger charge is -2.12. The number of rotatable bonds is 6. The molecule has 0 saturated heterocycles. The van der Waals surface area contributed by atoms with Crippen molar-refractivity contribution in [2.75, 3.05) is 11.8 Å². The van der Waals surface area contributed by atoms with Crippen molar-refractivity contribution >= 4 is 27.8 Å². The molecule has 2 N–H and O–H groups in total. The maximum Gasteiger partial charge on any atom is 0.328 e. The Bertz CT molecular complexity index is 876. The second kappa shape index (κ2) is 7.14. The fourth-order valence-corrected chi connectivity index (χ4v) is 3.17. The third-order valence-electron chi connectivity index (χ3n) is 2.99. The van der Waals surface area contributed by atoms with E-state index in [-0.39, 0.29) is 16.3 Å². The van der Waals surface area contributed by atoms with Crippen molar-refractivity contribution in [3.8, 4) is 5.75 Å². The number of halogens is 1. The summed E-state index contributed by atoms with van der Waals surface area (Å²) in [4.78, 5) is 10.4. The van der Waals surface area contributed by atoms with Crippen LogP contribution in [0, 0.1) is 5.82 Å². The standard InChI is InChI=1S/C16H14FNO5S/c1-23-14-8-2-11(3-9-16(19)20)10-15(14)24(21,22)18-13-6-4-12(17)5-7-13/h2-10,18H,1H3,(H,19,20)/b9-3+. The average Bonchev–Trinajstić information content (AvgIpc) is 2.54. The highest BCUT2D eigenvalue weighted by Crippen LogP contribution is 2.27. The van der Waals surface area contributed by atoms with E-state index in [2.05, 4.69) is 4.72 Å². The first-order valence-electron chi connectivity index (χ1n) is 6.69. The minimum Gasteiger partial charge on any atom is -0.495 e. The highest BCUT2D eigenvalue weighted by atomic mass is 32.2. The Morgan fingerprint density at radius 3 is 2.46 bits per heavy atom. The number of methoxy groups -OCH3 is 1. The molecule has 0 heterocycles. The molecule has 0 saturated carbocycles. The summed E-state index contributed by atoms with van der Waals surface area (Å²) >= 11 is 0. The third-order valence-corrected chi connectivity index (χ3v) is 4.39. The Kier molecular flexibility index (Phi) is 5.20. The van der Waals surface area contributed by atoms with E-state index < -0.39 is 21.8 Å². The zero-order valence-corrected chi connectivity index (χ0v) is 13.4. The monoisotopic (exact) mass is 351 g/mol. The lowest BCUT2D eigenvalue weighted by Crippen LogP contribution is -2.14. The molecule has 0 fully saturated rings. The first-order chi connectivity index (χ1) is 11.3. The molecule has 8 heteroatoms. The highest BCUT2D eigenvalue weighted by Gasteiger charge is 2.20. The molecule has 0 radical (unpaired) electrons. The zero-order valence-electron chi connectivity index (χ0n) is 12.6. The number of aliphatic carboxylic acids is 1. The molecule has 0 aliphatic carbocycles. The van der Waals surface area contributed by atoms with Gasteiger partial charge < -0.3 is 9.84 Å². The van der Waals surface area contributed by atoms with E-state index in [0.29, 0.717) is 5.56 Å². The van der Waals surface area contributed by atoms with Gasteiger partial charge in [0.15, 0.2) is 0 Å². The van der Waals surface area contributed by atoms with Gasteiger partial charge in [-0.2, -0.15) is 0 Å². The molecule has 0 atom stereocenters. The van der Waals surface area contributed by atoms with Gasteiger partial charge in [0.25, 0.3) is 10.0 Å². The molecule has 0 spiro atoms. The lowest BCUT2D eigenvalue weighted by molar-refractivity contribution is -0.131. The summed E-state index contributed by atoms with van der Waals surface area (Å²) in [6, 6.07) is 9.04. The van der Waals surface area contributed by atoms with Crippen molar-refractivity contribution in [3.63, 3.8) is 0 Å². The van der Waals surface area contributed by atoms with Gasteiger partial charge in [-0.15, -0.1) is 0 Å². The first kappa shape index (κ1) is 17.5. The van der Waals surface area contributed by atoms with Crippen LogP contribution in [0.1, 0.15) is 5.56 Å². The summed E-state index contributed by atoms with van der Waals surface area (Å²) in [6.45, 7) is 0. The lowest BCUT2D eigenvalue weighted by atomic mass is 10.2. The molecule has 0 aliphatic rings. The van der Waals surface area contributed by atoms with Gasteiger partial charge in [0, 0.05) is 11.8 Å². The molecule has 2 rings (SSSR count). The molecule has 0 aliphatic heterocycles. The van der Waals surface area contributed by atoms with Crippen molar-refractivity contribution in [1.82, 2.24) is 0 Å². The van der Waals surface area contributed by atoms with E-state index in [1.165, 1.54) is 43.5 Å². The zero-order chi connectivity index (χ0) is 17.7. The summed E-state index contributed by atoms with van der Waals surface area (Å²) < 4.78 is 45.3. The predicted octanol–water partition coefficient (Wildman–Crippen LogP) is 2.73. The number of nitrogens with one attached hydrogen (secondary N) is 1. The topological polar surface area (TPSA) is 92.7 Å². The SMILES string of the molecule is COc1ccc(/C=C/C(=O)O)cc1S(=O)(=O)Nc1ccc(F)cc1. The van der Waals surface area contributed by atoms with Crippen molar-refractivity contribution in [3.05, 3.63) is 59.9 Å². The number of carbonyl (C=O) groups is 1. The normalized spacial score (nSPS) is 11.4. The minimum atomic E-state index is -4.01. The van der Waals surface area contributed by atoms with Crippen LogP contribution in [0.25, 0.3) is 6.08 Å². The van der Waals surface area contributed by atoms with Crippen LogP contribution in [-0.4, -0.2) is 26.6 Å². The van der Waals surface area contributed by atoms with Crippen LogP contribution < -0.4 is 9.46 Å². The van der Waals surface area contributed by atoms with E-state index in [1.54, 1.807) is 0 Å². The Hall–Kier alpha value is -2.87. The van der Waals surface area contributed by atoms with E-state index in [0.717, 1.165) is 18.2 Å². The summed E-state index contributed by atoms with van der Waals surface area (Å²) in [5, 5.41) is 8.65. The second-order valence-corrected chi connectivity index (χ2v) is 6.35. The van der Waals surface area contributed by atoms with Gasteiger partial charge in [-0.05, 0) is 48.0 Å². The van der Waals surface area contributed by atoms with Gasteiger partial charge in [0.05, 0.1) is 7.11 Å². The first-order valence-corrected chi connectivity index (χ1v) is 8.17. The van der Waals surface area contributed by atoms with E-state index in [9.17, 15) is 17.6 Å². The molecule has 0 unspecified atom stereocenters. The number of benzene rings is 2. The van der Waals surface area contributed by atoms with Crippen LogP contribution in [0.4, 0.5) is 10.1 Å². The van der Waals surface area contributed by atoms with E-state index in [4.69, 9.17) is 9.84 Å². The maximum absolute atomic E-state index is 12.9. The molecule has 2 aromatic carbocycles. The summed E-state index contributed by atoms with van der Waals surface area (Å²) in [5.41, 5.74) is 0.558. The van der Waals surface area contributed by atoms with Gasteiger partial charge in [0.2, 0.25) is 0 Å². The van der Waals surface area contributed by atoms with Gasteiger partial charge in [0.1, 0.15) is 16.5 Å². The predicted molar refractivity (Wildman–Crippen MR) is 86.9 cm³/mol. The molecule has 126 valence electrons. The number of hydrogen-bond acceptors (Lipinski definition) is 4. The smallest absolute Gasteiger partial charge is 0.328 e. The summed E-state index contributed by atoms with van der Waals surface area (Å²) in [7, 11) is -2.69. The van der Waals surface area contributed by atoms with Crippen molar-refractivity contribution in [1.29, 1.82) is 0 Å². The average molecular weight is 351 g/mol. The second-order valence-electron chi connectivity index (χ2n) is 4.69. The molecular weight excluding hydrogens is 337 g/mol. The van der Waals surface area contributed by atoms with Crippen LogP contribution in [0.15, 0.2) is 53.4 Å². The highest BCUT2D eigenvalue weighted by molar-refractivity contribution is 7.92. The Labute approximate surface area is 138 Å². The largest absolute Gasteiger partial charge is 0.495 e. The van der Waals surface area contributed by atoms with Crippen LogP contribution in [0.3, 0.4) is 0 Å². The fraction of sp³-hybridized carbons (Fsp3) is 0.0625. The van der Waals surface area contributed by atoms with Gasteiger partial charge >= 0.3 is 5.97 Å². The number of anilines is 1.